The first-order valence-electron chi connectivity index (χ1n) is 8.60. The van der Waals surface area contributed by atoms with Crippen molar-refractivity contribution in [3.8, 4) is 0 Å². The molecule has 1 heterocycles. The van der Waals surface area contributed by atoms with Gasteiger partial charge in [-0.05, 0) is 35.9 Å². The Morgan fingerprint density at radius 2 is 1.86 bits per heavy atom. The first-order chi connectivity index (χ1) is 14.0. The second-order valence-corrected chi connectivity index (χ2v) is 8.15. The number of halogens is 1. The average Bonchev–Trinajstić information content (AvgIpc) is 3.13. The molecule has 0 bridgehead atoms. The molecule has 0 saturated heterocycles. The highest BCUT2D eigenvalue weighted by molar-refractivity contribution is 8.01. The SMILES string of the molecule is CC(=O)Nc1cccc(Nc2nnc(SCC(=O)NCc3ccc(F)cc3)s2)c1. The van der Waals surface area contributed by atoms with Crippen molar-refractivity contribution in [2.45, 2.75) is 17.8 Å². The molecule has 0 aliphatic heterocycles. The van der Waals surface area contributed by atoms with Crippen molar-refractivity contribution in [1.29, 1.82) is 0 Å². The smallest absolute Gasteiger partial charge is 0.230 e. The van der Waals surface area contributed by atoms with Crippen LogP contribution in [0.15, 0.2) is 52.9 Å². The molecule has 0 saturated carbocycles. The molecule has 1 aromatic heterocycles. The third-order valence-corrected chi connectivity index (χ3v) is 5.54. The highest BCUT2D eigenvalue weighted by Gasteiger charge is 2.09. The number of nitrogens with zero attached hydrogens (tertiary/aromatic N) is 2. The van der Waals surface area contributed by atoms with Gasteiger partial charge in [-0.2, -0.15) is 0 Å². The third-order valence-electron chi connectivity index (χ3n) is 3.57. The molecule has 0 fully saturated rings. The van der Waals surface area contributed by atoms with Gasteiger partial charge in [-0.3, -0.25) is 9.59 Å². The van der Waals surface area contributed by atoms with E-state index in [-0.39, 0.29) is 23.4 Å². The molecule has 0 radical (unpaired) electrons. The molecule has 0 atom stereocenters. The number of rotatable bonds is 8. The number of carbonyl (C=O) groups is 2. The van der Waals surface area contributed by atoms with Crippen LogP contribution in [0, 0.1) is 5.82 Å². The number of thioether (sulfide) groups is 1. The summed E-state index contributed by atoms with van der Waals surface area (Å²) in [7, 11) is 0. The molecule has 2 amide bonds. The second-order valence-electron chi connectivity index (χ2n) is 5.95. The van der Waals surface area contributed by atoms with E-state index in [2.05, 4.69) is 26.1 Å². The van der Waals surface area contributed by atoms with Crippen LogP contribution in [0.25, 0.3) is 0 Å². The number of aromatic nitrogens is 2. The van der Waals surface area contributed by atoms with E-state index in [0.717, 1.165) is 11.3 Å². The van der Waals surface area contributed by atoms with Gasteiger partial charge in [-0.15, -0.1) is 10.2 Å². The number of nitrogens with one attached hydrogen (secondary N) is 3. The maximum absolute atomic E-state index is 12.9. The average molecular weight is 432 g/mol. The number of hydrogen-bond acceptors (Lipinski definition) is 7. The largest absolute Gasteiger partial charge is 0.351 e. The quantitative estimate of drug-likeness (QED) is 0.470. The fourth-order valence-corrected chi connectivity index (χ4v) is 3.90. The highest BCUT2D eigenvalue weighted by Crippen LogP contribution is 2.28. The van der Waals surface area contributed by atoms with E-state index in [4.69, 9.17) is 0 Å². The standard InChI is InChI=1S/C19H18FN5O2S2/c1-12(26)22-15-3-2-4-16(9-15)23-18-24-25-19(29-18)28-11-17(27)21-10-13-5-7-14(20)8-6-13/h2-9H,10-11H2,1H3,(H,21,27)(H,22,26)(H,23,24). The van der Waals surface area contributed by atoms with Crippen molar-refractivity contribution in [1.82, 2.24) is 15.5 Å². The first kappa shape index (κ1) is 20.7. The minimum atomic E-state index is -0.307. The van der Waals surface area contributed by atoms with Crippen molar-refractivity contribution in [2.24, 2.45) is 0 Å². The lowest BCUT2D eigenvalue weighted by Crippen LogP contribution is -2.24. The molecule has 3 rings (SSSR count). The van der Waals surface area contributed by atoms with E-state index in [1.165, 1.54) is 42.2 Å². The summed E-state index contributed by atoms with van der Waals surface area (Å²) in [6.07, 6.45) is 0. The molecule has 29 heavy (non-hydrogen) atoms. The summed E-state index contributed by atoms with van der Waals surface area (Å²) in [5.74, 6) is -0.395. The Bertz CT molecular complexity index is 994. The van der Waals surface area contributed by atoms with Crippen LogP contribution in [-0.2, 0) is 16.1 Å². The van der Waals surface area contributed by atoms with E-state index in [1.807, 2.05) is 12.1 Å². The fourth-order valence-electron chi connectivity index (χ4n) is 2.30. The van der Waals surface area contributed by atoms with Crippen molar-refractivity contribution in [2.75, 3.05) is 16.4 Å². The zero-order valence-corrected chi connectivity index (χ0v) is 17.1. The molecule has 0 aliphatic rings. The number of amides is 2. The lowest BCUT2D eigenvalue weighted by Gasteiger charge is -2.05. The van der Waals surface area contributed by atoms with Gasteiger partial charge in [0.15, 0.2) is 4.34 Å². The Balaban J connectivity index is 1.47. The Morgan fingerprint density at radius 3 is 2.62 bits per heavy atom. The van der Waals surface area contributed by atoms with Gasteiger partial charge >= 0.3 is 0 Å². The monoisotopic (exact) mass is 431 g/mol. The summed E-state index contributed by atoms with van der Waals surface area (Å²) in [5.41, 5.74) is 2.27. The zero-order chi connectivity index (χ0) is 20.6. The number of anilines is 3. The second kappa shape index (κ2) is 9.99. The Hall–Kier alpha value is -2.98. The van der Waals surface area contributed by atoms with Gasteiger partial charge in [0.2, 0.25) is 16.9 Å². The normalized spacial score (nSPS) is 10.4. The highest BCUT2D eigenvalue weighted by atomic mass is 32.2. The van der Waals surface area contributed by atoms with E-state index in [9.17, 15) is 14.0 Å². The van der Waals surface area contributed by atoms with Crippen LogP contribution < -0.4 is 16.0 Å². The molecular formula is C19H18FN5O2S2. The predicted molar refractivity (Wildman–Crippen MR) is 113 cm³/mol. The van der Waals surface area contributed by atoms with Gasteiger partial charge in [0.25, 0.3) is 0 Å². The van der Waals surface area contributed by atoms with E-state index in [1.54, 1.807) is 24.3 Å². The van der Waals surface area contributed by atoms with Crippen molar-refractivity contribution in [3.63, 3.8) is 0 Å². The van der Waals surface area contributed by atoms with Gasteiger partial charge < -0.3 is 16.0 Å². The van der Waals surface area contributed by atoms with E-state index >= 15 is 0 Å². The lowest BCUT2D eigenvalue weighted by molar-refractivity contribution is -0.118. The predicted octanol–water partition coefficient (Wildman–Crippen LogP) is 3.79. The van der Waals surface area contributed by atoms with Crippen LogP contribution in [0.1, 0.15) is 12.5 Å². The van der Waals surface area contributed by atoms with Crippen molar-refractivity contribution >= 4 is 51.4 Å². The van der Waals surface area contributed by atoms with Crippen molar-refractivity contribution in [3.05, 3.63) is 59.9 Å². The topological polar surface area (TPSA) is 96.0 Å². The molecule has 3 N–H and O–H groups in total. The van der Waals surface area contributed by atoms with Crippen LogP contribution in [0.3, 0.4) is 0 Å². The van der Waals surface area contributed by atoms with Crippen LogP contribution in [-0.4, -0.2) is 27.8 Å². The van der Waals surface area contributed by atoms with Crippen LogP contribution >= 0.6 is 23.1 Å². The molecule has 150 valence electrons. The van der Waals surface area contributed by atoms with E-state index in [0.29, 0.717) is 21.7 Å². The Kier molecular flexibility index (Phi) is 7.14. The maximum Gasteiger partial charge on any atom is 0.230 e. The summed E-state index contributed by atoms with van der Waals surface area (Å²) >= 11 is 2.61. The van der Waals surface area contributed by atoms with Gasteiger partial charge in [-0.25, -0.2) is 4.39 Å². The minimum Gasteiger partial charge on any atom is -0.351 e. The van der Waals surface area contributed by atoms with Gasteiger partial charge in [0.1, 0.15) is 5.82 Å². The molecule has 0 aliphatic carbocycles. The van der Waals surface area contributed by atoms with E-state index < -0.39 is 0 Å². The molecule has 10 heteroatoms. The third kappa shape index (κ3) is 6.84. The number of benzene rings is 2. The van der Waals surface area contributed by atoms with Crippen LogP contribution in [0.2, 0.25) is 0 Å². The van der Waals surface area contributed by atoms with Gasteiger partial charge in [-0.1, -0.05) is 41.3 Å². The zero-order valence-electron chi connectivity index (χ0n) is 15.4. The minimum absolute atomic E-state index is 0.144. The first-order valence-corrected chi connectivity index (χ1v) is 10.4. The molecule has 7 nitrogen and oxygen atoms in total. The van der Waals surface area contributed by atoms with Crippen LogP contribution in [0.4, 0.5) is 20.9 Å². The summed E-state index contributed by atoms with van der Waals surface area (Å²) in [6, 6.07) is 13.2. The molecule has 0 spiro atoms. The summed E-state index contributed by atoms with van der Waals surface area (Å²) in [4.78, 5) is 23.1. The van der Waals surface area contributed by atoms with Crippen molar-refractivity contribution < 1.29 is 14.0 Å². The summed E-state index contributed by atoms with van der Waals surface area (Å²) in [5, 5.41) is 17.3. The molecule has 0 unspecified atom stereocenters. The lowest BCUT2D eigenvalue weighted by atomic mass is 10.2. The summed E-state index contributed by atoms with van der Waals surface area (Å²) < 4.78 is 13.5. The molecule has 2 aromatic carbocycles. The molecule has 3 aromatic rings. The van der Waals surface area contributed by atoms with Gasteiger partial charge in [0.05, 0.1) is 5.75 Å². The summed E-state index contributed by atoms with van der Waals surface area (Å²) in [6.45, 7) is 1.79. The van der Waals surface area contributed by atoms with Crippen LogP contribution in [0.5, 0.6) is 0 Å². The number of hydrogen-bond donors (Lipinski definition) is 3. The maximum atomic E-state index is 12.9. The fraction of sp³-hybridized carbons (Fsp3) is 0.158. The van der Waals surface area contributed by atoms with Gasteiger partial charge in [0, 0.05) is 24.8 Å². The Labute approximate surface area is 175 Å². The Morgan fingerprint density at radius 1 is 1.10 bits per heavy atom. The number of carbonyl (C=O) groups excluding carboxylic acids is 2. The molecular weight excluding hydrogens is 413 g/mol.